The van der Waals surface area contributed by atoms with E-state index in [4.69, 9.17) is 14.6 Å². The number of benzene rings is 1. The predicted molar refractivity (Wildman–Crippen MR) is 73.6 cm³/mol. The standard InChI is InChI=1S/C13H17BrO5/c1-4-7(13(16)17)12(15)8-5-10(18-2)11(19-3)6-9(8)14/h5-7,12,15H,4H2,1-3H3,(H,16,17). The van der Waals surface area contributed by atoms with Gasteiger partial charge >= 0.3 is 5.97 Å². The highest BCUT2D eigenvalue weighted by molar-refractivity contribution is 9.10. The van der Waals surface area contributed by atoms with E-state index in [0.29, 0.717) is 28.0 Å². The minimum Gasteiger partial charge on any atom is -0.493 e. The maximum atomic E-state index is 11.1. The Kier molecular flexibility index (Phi) is 5.62. The molecule has 19 heavy (non-hydrogen) atoms. The molecule has 0 aromatic heterocycles. The van der Waals surface area contributed by atoms with Crippen LogP contribution in [0.1, 0.15) is 25.0 Å². The number of hydrogen-bond acceptors (Lipinski definition) is 4. The van der Waals surface area contributed by atoms with Crippen molar-refractivity contribution in [3.63, 3.8) is 0 Å². The van der Waals surface area contributed by atoms with Crippen molar-refractivity contribution in [3.8, 4) is 11.5 Å². The number of hydrogen-bond donors (Lipinski definition) is 2. The Morgan fingerprint density at radius 1 is 1.32 bits per heavy atom. The van der Waals surface area contributed by atoms with Crippen molar-refractivity contribution >= 4 is 21.9 Å². The van der Waals surface area contributed by atoms with Crippen LogP contribution in [0.5, 0.6) is 11.5 Å². The quantitative estimate of drug-likeness (QED) is 0.837. The Morgan fingerprint density at radius 2 is 1.84 bits per heavy atom. The van der Waals surface area contributed by atoms with Gasteiger partial charge < -0.3 is 19.7 Å². The molecule has 5 nitrogen and oxygen atoms in total. The molecule has 106 valence electrons. The molecule has 0 saturated carbocycles. The number of aliphatic hydroxyl groups is 1. The van der Waals surface area contributed by atoms with Crippen LogP contribution in [0.2, 0.25) is 0 Å². The number of aliphatic hydroxyl groups excluding tert-OH is 1. The fourth-order valence-corrected chi connectivity index (χ4v) is 2.40. The van der Waals surface area contributed by atoms with Crippen molar-refractivity contribution < 1.29 is 24.5 Å². The SMILES string of the molecule is CCC(C(=O)O)C(O)c1cc(OC)c(OC)cc1Br. The summed E-state index contributed by atoms with van der Waals surface area (Å²) in [4.78, 5) is 11.1. The first-order valence-corrected chi connectivity index (χ1v) is 6.57. The molecular weight excluding hydrogens is 316 g/mol. The average Bonchev–Trinajstić information content (AvgIpc) is 2.38. The second-order valence-electron chi connectivity index (χ2n) is 4.03. The normalized spacial score (nSPS) is 13.7. The Bertz CT molecular complexity index is 461. The van der Waals surface area contributed by atoms with Crippen LogP contribution >= 0.6 is 15.9 Å². The van der Waals surface area contributed by atoms with E-state index in [0.717, 1.165) is 0 Å². The topological polar surface area (TPSA) is 76.0 Å². The summed E-state index contributed by atoms with van der Waals surface area (Å²) < 4.78 is 10.9. The zero-order valence-corrected chi connectivity index (χ0v) is 12.6. The van der Waals surface area contributed by atoms with Gasteiger partial charge in [-0.25, -0.2) is 0 Å². The van der Waals surface area contributed by atoms with E-state index >= 15 is 0 Å². The van der Waals surface area contributed by atoms with Gasteiger partial charge in [-0.2, -0.15) is 0 Å². The van der Waals surface area contributed by atoms with Gasteiger partial charge in [0, 0.05) is 4.47 Å². The second kappa shape index (κ2) is 6.77. The van der Waals surface area contributed by atoms with Crippen LogP contribution in [-0.2, 0) is 4.79 Å². The number of methoxy groups -OCH3 is 2. The predicted octanol–water partition coefficient (Wildman–Crippen LogP) is 2.61. The second-order valence-corrected chi connectivity index (χ2v) is 4.88. The number of carbonyl (C=O) groups is 1. The van der Waals surface area contributed by atoms with Crippen LogP contribution < -0.4 is 9.47 Å². The van der Waals surface area contributed by atoms with Gasteiger partial charge in [-0.1, -0.05) is 22.9 Å². The summed E-state index contributed by atoms with van der Waals surface area (Å²) in [5.74, 6) is -0.945. The summed E-state index contributed by atoms with van der Waals surface area (Å²) in [5.41, 5.74) is 0.465. The lowest BCUT2D eigenvalue weighted by atomic mass is 9.93. The molecule has 0 aliphatic carbocycles. The summed E-state index contributed by atoms with van der Waals surface area (Å²) in [6.45, 7) is 1.72. The number of carboxylic acid groups (broad SMARTS) is 1. The highest BCUT2D eigenvalue weighted by Crippen LogP contribution is 2.38. The van der Waals surface area contributed by atoms with Gasteiger partial charge in [0.1, 0.15) is 0 Å². The highest BCUT2D eigenvalue weighted by Gasteiger charge is 2.28. The molecule has 0 fully saturated rings. The summed E-state index contributed by atoms with van der Waals surface area (Å²) in [7, 11) is 2.99. The number of rotatable bonds is 6. The fraction of sp³-hybridized carbons (Fsp3) is 0.462. The summed E-state index contributed by atoms with van der Waals surface area (Å²) in [5, 5.41) is 19.3. The van der Waals surface area contributed by atoms with Crippen molar-refractivity contribution in [3.05, 3.63) is 22.2 Å². The molecule has 0 heterocycles. The van der Waals surface area contributed by atoms with Crippen LogP contribution in [0.4, 0.5) is 0 Å². The van der Waals surface area contributed by atoms with Crippen LogP contribution in [0.25, 0.3) is 0 Å². The zero-order chi connectivity index (χ0) is 14.6. The van der Waals surface area contributed by atoms with Crippen LogP contribution in [0, 0.1) is 5.92 Å². The van der Waals surface area contributed by atoms with E-state index < -0.39 is 18.0 Å². The number of carboxylic acids is 1. The molecule has 0 spiro atoms. The molecule has 1 aromatic rings. The number of aliphatic carboxylic acids is 1. The molecule has 0 aliphatic rings. The van der Waals surface area contributed by atoms with Crippen LogP contribution in [0.15, 0.2) is 16.6 Å². The number of ether oxygens (including phenoxy) is 2. The summed E-state index contributed by atoms with van der Waals surface area (Å²) in [6, 6.07) is 3.23. The third kappa shape index (κ3) is 3.39. The van der Waals surface area contributed by atoms with Crippen LogP contribution in [0.3, 0.4) is 0 Å². The van der Waals surface area contributed by atoms with Gasteiger partial charge in [-0.3, -0.25) is 4.79 Å². The largest absolute Gasteiger partial charge is 0.493 e. The van der Waals surface area contributed by atoms with Crippen LogP contribution in [-0.4, -0.2) is 30.4 Å². The summed E-state index contributed by atoms with van der Waals surface area (Å²) >= 11 is 3.31. The lowest BCUT2D eigenvalue weighted by Gasteiger charge is -2.20. The summed E-state index contributed by atoms with van der Waals surface area (Å²) in [6.07, 6.45) is -0.784. The third-order valence-corrected chi connectivity index (χ3v) is 3.65. The Hall–Kier alpha value is -1.27. The average molecular weight is 333 g/mol. The fourth-order valence-electron chi connectivity index (χ4n) is 1.85. The molecule has 2 N–H and O–H groups in total. The van der Waals surface area contributed by atoms with Crippen molar-refractivity contribution in [1.82, 2.24) is 0 Å². The van der Waals surface area contributed by atoms with Crippen molar-refractivity contribution in [1.29, 1.82) is 0 Å². The molecule has 0 amide bonds. The van der Waals surface area contributed by atoms with E-state index in [1.807, 2.05) is 0 Å². The maximum absolute atomic E-state index is 11.1. The molecular formula is C13H17BrO5. The maximum Gasteiger partial charge on any atom is 0.309 e. The van der Waals surface area contributed by atoms with E-state index in [-0.39, 0.29) is 0 Å². The van der Waals surface area contributed by atoms with Crippen molar-refractivity contribution in [2.45, 2.75) is 19.4 Å². The molecule has 0 radical (unpaired) electrons. The Balaban J connectivity index is 3.22. The van der Waals surface area contributed by atoms with E-state index in [9.17, 15) is 9.90 Å². The molecule has 0 saturated heterocycles. The lowest BCUT2D eigenvalue weighted by molar-refractivity contribution is -0.146. The molecule has 1 rings (SSSR count). The van der Waals surface area contributed by atoms with Crippen molar-refractivity contribution in [2.75, 3.05) is 14.2 Å². The number of halogens is 1. The molecule has 2 atom stereocenters. The zero-order valence-electron chi connectivity index (χ0n) is 11.0. The first kappa shape index (κ1) is 15.8. The van der Waals surface area contributed by atoms with E-state index in [1.54, 1.807) is 19.1 Å². The Morgan fingerprint density at radius 3 is 2.26 bits per heavy atom. The Labute approximate surface area is 120 Å². The van der Waals surface area contributed by atoms with Gasteiger partial charge in [-0.05, 0) is 24.1 Å². The molecule has 1 aromatic carbocycles. The van der Waals surface area contributed by atoms with Crippen molar-refractivity contribution in [2.24, 2.45) is 5.92 Å². The van der Waals surface area contributed by atoms with Gasteiger partial charge in [0.15, 0.2) is 11.5 Å². The monoisotopic (exact) mass is 332 g/mol. The first-order valence-electron chi connectivity index (χ1n) is 5.78. The highest BCUT2D eigenvalue weighted by atomic mass is 79.9. The first-order chi connectivity index (χ1) is 8.96. The van der Waals surface area contributed by atoms with Gasteiger partial charge in [0.05, 0.1) is 26.2 Å². The van der Waals surface area contributed by atoms with Gasteiger partial charge in [0.2, 0.25) is 0 Å². The van der Waals surface area contributed by atoms with Gasteiger partial charge in [0.25, 0.3) is 0 Å². The molecule has 6 heteroatoms. The lowest BCUT2D eigenvalue weighted by Crippen LogP contribution is -2.21. The smallest absolute Gasteiger partial charge is 0.309 e. The van der Waals surface area contributed by atoms with Gasteiger partial charge in [-0.15, -0.1) is 0 Å². The van der Waals surface area contributed by atoms with E-state index in [2.05, 4.69) is 15.9 Å². The molecule has 0 bridgehead atoms. The minimum absolute atomic E-state index is 0.331. The van der Waals surface area contributed by atoms with E-state index in [1.165, 1.54) is 14.2 Å². The minimum atomic E-state index is -1.11. The third-order valence-electron chi connectivity index (χ3n) is 2.96. The molecule has 2 unspecified atom stereocenters. The molecule has 0 aliphatic heterocycles.